The fourth-order valence-corrected chi connectivity index (χ4v) is 3.43. The molecular formula is C15H19ClN2O2S. The molecule has 0 radical (unpaired) electrons. The number of nitrogens with zero attached hydrogens (tertiary/aromatic N) is 1. The minimum atomic E-state index is -0.944. The van der Waals surface area contributed by atoms with Crippen molar-refractivity contribution in [2.75, 3.05) is 18.8 Å². The van der Waals surface area contributed by atoms with Gasteiger partial charge in [0.15, 0.2) is 0 Å². The van der Waals surface area contributed by atoms with Crippen molar-refractivity contribution in [2.24, 2.45) is 0 Å². The minimum absolute atomic E-state index is 0.158. The SMILES string of the molecule is CCN(CC(C)(C)O)C(=O)c1sc2ccc(Cl)cc2c1N. The molecule has 114 valence electrons. The summed E-state index contributed by atoms with van der Waals surface area (Å²) in [5.74, 6) is -0.158. The average molecular weight is 327 g/mol. The molecule has 0 saturated carbocycles. The monoisotopic (exact) mass is 326 g/mol. The van der Waals surface area contributed by atoms with E-state index in [1.165, 1.54) is 11.3 Å². The standard InChI is InChI=1S/C15H19ClN2O2S/c1-4-18(8-15(2,3)20)14(19)13-12(17)10-7-9(16)5-6-11(10)21-13/h5-7,20H,4,8,17H2,1-3H3. The van der Waals surface area contributed by atoms with Crippen LogP contribution in [0.1, 0.15) is 30.4 Å². The molecule has 0 aliphatic heterocycles. The normalized spacial score (nSPS) is 11.9. The number of nitrogens with two attached hydrogens (primary N) is 1. The number of rotatable bonds is 4. The third kappa shape index (κ3) is 3.48. The maximum atomic E-state index is 12.6. The molecule has 0 atom stereocenters. The second-order valence-electron chi connectivity index (χ2n) is 5.62. The van der Waals surface area contributed by atoms with Gasteiger partial charge in [0.1, 0.15) is 4.88 Å². The van der Waals surface area contributed by atoms with Gasteiger partial charge in [-0.1, -0.05) is 11.6 Å². The minimum Gasteiger partial charge on any atom is -0.397 e. The highest BCUT2D eigenvalue weighted by Gasteiger charge is 2.25. The lowest BCUT2D eigenvalue weighted by atomic mass is 10.1. The van der Waals surface area contributed by atoms with Crippen LogP contribution in [0.25, 0.3) is 10.1 Å². The number of fused-ring (bicyclic) bond motifs is 1. The lowest BCUT2D eigenvalue weighted by Crippen LogP contribution is -2.42. The molecule has 0 unspecified atom stereocenters. The van der Waals surface area contributed by atoms with Crippen LogP contribution in [0.15, 0.2) is 18.2 Å². The molecule has 0 bridgehead atoms. The maximum absolute atomic E-state index is 12.6. The van der Waals surface area contributed by atoms with Gasteiger partial charge in [0, 0.05) is 28.2 Å². The number of benzene rings is 1. The van der Waals surface area contributed by atoms with Crippen LogP contribution in [-0.4, -0.2) is 34.6 Å². The van der Waals surface area contributed by atoms with E-state index >= 15 is 0 Å². The summed E-state index contributed by atoms with van der Waals surface area (Å²) in [7, 11) is 0. The molecule has 6 heteroatoms. The van der Waals surface area contributed by atoms with Gasteiger partial charge in [-0.25, -0.2) is 0 Å². The third-order valence-electron chi connectivity index (χ3n) is 3.13. The Kier molecular flexibility index (Phi) is 4.46. The highest BCUT2D eigenvalue weighted by molar-refractivity contribution is 7.21. The van der Waals surface area contributed by atoms with Crippen molar-refractivity contribution >= 4 is 44.6 Å². The topological polar surface area (TPSA) is 66.6 Å². The molecule has 21 heavy (non-hydrogen) atoms. The van der Waals surface area contributed by atoms with Crippen molar-refractivity contribution in [1.82, 2.24) is 4.90 Å². The van der Waals surface area contributed by atoms with Crippen LogP contribution in [0.2, 0.25) is 5.02 Å². The number of halogens is 1. The number of carbonyl (C=O) groups is 1. The van der Waals surface area contributed by atoms with Gasteiger partial charge in [-0.3, -0.25) is 4.79 Å². The molecular weight excluding hydrogens is 308 g/mol. The van der Waals surface area contributed by atoms with Crippen molar-refractivity contribution in [3.05, 3.63) is 28.1 Å². The zero-order valence-electron chi connectivity index (χ0n) is 12.3. The molecule has 0 aliphatic rings. The summed E-state index contributed by atoms with van der Waals surface area (Å²) in [4.78, 5) is 14.7. The van der Waals surface area contributed by atoms with Crippen molar-refractivity contribution in [3.63, 3.8) is 0 Å². The Morgan fingerprint density at radius 1 is 1.48 bits per heavy atom. The zero-order valence-corrected chi connectivity index (χ0v) is 13.9. The van der Waals surface area contributed by atoms with Gasteiger partial charge in [0.2, 0.25) is 0 Å². The molecule has 1 aromatic carbocycles. The number of hydrogen-bond donors (Lipinski definition) is 2. The Bertz CT molecular complexity index is 676. The molecule has 0 aliphatic carbocycles. The Labute approximate surface area is 133 Å². The van der Waals surface area contributed by atoms with Gasteiger partial charge in [-0.05, 0) is 39.0 Å². The summed E-state index contributed by atoms with van der Waals surface area (Å²) >= 11 is 7.33. The Balaban J connectivity index is 2.40. The molecule has 0 saturated heterocycles. The fourth-order valence-electron chi connectivity index (χ4n) is 2.19. The van der Waals surface area contributed by atoms with Crippen LogP contribution in [0.3, 0.4) is 0 Å². The second-order valence-corrected chi connectivity index (χ2v) is 7.11. The first kappa shape index (κ1) is 16.1. The van der Waals surface area contributed by atoms with E-state index < -0.39 is 5.60 Å². The smallest absolute Gasteiger partial charge is 0.266 e. The molecule has 0 spiro atoms. The number of thiophene rings is 1. The molecule has 2 rings (SSSR count). The van der Waals surface area contributed by atoms with Crippen molar-refractivity contribution < 1.29 is 9.90 Å². The van der Waals surface area contributed by atoms with Gasteiger partial charge < -0.3 is 15.7 Å². The number of nitrogen functional groups attached to an aromatic ring is 1. The predicted octanol–water partition coefficient (Wildman–Crippen LogP) is 3.37. The van der Waals surface area contributed by atoms with Crippen LogP contribution >= 0.6 is 22.9 Å². The van der Waals surface area contributed by atoms with Gasteiger partial charge >= 0.3 is 0 Å². The van der Waals surface area contributed by atoms with Gasteiger partial charge in [0.25, 0.3) is 5.91 Å². The average Bonchev–Trinajstić information content (AvgIpc) is 2.71. The van der Waals surface area contributed by atoms with E-state index in [2.05, 4.69) is 0 Å². The molecule has 1 amide bonds. The Morgan fingerprint density at radius 2 is 2.14 bits per heavy atom. The predicted molar refractivity (Wildman–Crippen MR) is 89.1 cm³/mol. The number of hydrogen-bond acceptors (Lipinski definition) is 4. The number of likely N-dealkylation sites (N-methyl/N-ethyl adjacent to an activating group) is 1. The first-order valence-corrected chi connectivity index (χ1v) is 7.91. The van der Waals surface area contributed by atoms with Crippen LogP contribution < -0.4 is 5.73 Å². The van der Waals surface area contributed by atoms with Gasteiger partial charge in [-0.2, -0.15) is 0 Å². The van der Waals surface area contributed by atoms with E-state index in [1.807, 2.05) is 13.0 Å². The van der Waals surface area contributed by atoms with Crippen molar-refractivity contribution in [3.8, 4) is 0 Å². The van der Waals surface area contributed by atoms with E-state index in [0.29, 0.717) is 22.1 Å². The van der Waals surface area contributed by atoms with Gasteiger partial charge in [0.05, 0.1) is 11.3 Å². The van der Waals surface area contributed by atoms with Gasteiger partial charge in [-0.15, -0.1) is 11.3 Å². The first-order chi connectivity index (χ1) is 9.73. The molecule has 3 N–H and O–H groups in total. The molecule has 1 heterocycles. The van der Waals surface area contributed by atoms with E-state index in [4.69, 9.17) is 17.3 Å². The van der Waals surface area contributed by atoms with E-state index in [-0.39, 0.29) is 12.5 Å². The number of aliphatic hydroxyl groups is 1. The summed E-state index contributed by atoms with van der Waals surface area (Å²) in [6, 6.07) is 5.41. The number of carbonyl (C=O) groups excluding carboxylic acids is 1. The van der Waals surface area contributed by atoms with Crippen LogP contribution in [-0.2, 0) is 0 Å². The lowest BCUT2D eigenvalue weighted by Gasteiger charge is -2.27. The molecule has 2 aromatic rings. The third-order valence-corrected chi connectivity index (χ3v) is 4.54. The van der Waals surface area contributed by atoms with Crippen LogP contribution in [0, 0.1) is 0 Å². The maximum Gasteiger partial charge on any atom is 0.266 e. The highest BCUT2D eigenvalue weighted by atomic mass is 35.5. The molecule has 1 aromatic heterocycles. The lowest BCUT2D eigenvalue weighted by molar-refractivity contribution is 0.0318. The van der Waals surface area contributed by atoms with Crippen LogP contribution in [0.5, 0.6) is 0 Å². The largest absolute Gasteiger partial charge is 0.397 e. The molecule has 4 nitrogen and oxygen atoms in total. The first-order valence-electron chi connectivity index (χ1n) is 6.72. The number of anilines is 1. The van der Waals surface area contributed by atoms with E-state index in [9.17, 15) is 9.90 Å². The molecule has 0 fully saturated rings. The van der Waals surface area contributed by atoms with E-state index in [0.717, 1.165) is 10.1 Å². The van der Waals surface area contributed by atoms with Crippen molar-refractivity contribution in [1.29, 1.82) is 0 Å². The van der Waals surface area contributed by atoms with Crippen LogP contribution in [0.4, 0.5) is 5.69 Å². The zero-order chi connectivity index (χ0) is 15.8. The summed E-state index contributed by atoms with van der Waals surface area (Å²) in [5, 5.41) is 11.3. The van der Waals surface area contributed by atoms with E-state index in [1.54, 1.807) is 30.9 Å². The number of amides is 1. The Hall–Kier alpha value is -1.30. The highest BCUT2D eigenvalue weighted by Crippen LogP contribution is 2.36. The summed E-state index contributed by atoms with van der Waals surface area (Å²) < 4.78 is 0.930. The van der Waals surface area contributed by atoms with Crippen molar-refractivity contribution in [2.45, 2.75) is 26.4 Å². The summed E-state index contributed by atoms with van der Waals surface area (Å²) in [5.41, 5.74) is 5.62. The Morgan fingerprint density at radius 3 is 2.71 bits per heavy atom. The second kappa shape index (κ2) is 5.83. The fraction of sp³-hybridized carbons (Fsp3) is 0.400. The summed E-state index contributed by atoms with van der Waals surface area (Å²) in [6.07, 6.45) is 0. The quantitative estimate of drug-likeness (QED) is 0.905. The summed E-state index contributed by atoms with van der Waals surface area (Å²) in [6.45, 7) is 6.01.